The third-order valence-corrected chi connectivity index (χ3v) is 4.93. The van der Waals surface area contributed by atoms with Crippen molar-refractivity contribution in [3.63, 3.8) is 0 Å². The molecule has 3 aromatic rings. The highest BCUT2D eigenvalue weighted by Crippen LogP contribution is 2.32. The van der Waals surface area contributed by atoms with Crippen LogP contribution in [0, 0.1) is 0 Å². The molecule has 1 aliphatic heterocycles. The second kappa shape index (κ2) is 8.11. The predicted octanol–water partition coefficient (Wildman–Crippen LogP) is 3.30. The zero-order chi connectivity index (χ0) is 21.3. The number of hydrogen-bond acceptors (Lipinski definition) is 6. The quantitative estimate of drug-likeness (QED) is 0.647. The number of amides is 2. The Balaban J connectivity index is 1.51. The van der Waals surface area contributed by atoms with Crippen molar-refractivity contribution in [2.45, 2.75) is 32.4 Å². The number of anilines is 2. The number of fused-ring (bicyclic) bond motifs is 1. The molecule has 1 aliphatic rings. The number of ether oxygens (including phenoxy) is 1. The maximum Gasteiger partial charge on any atom is 0.265 e. The Labute approximate surface area is 177 Å². The fraction of sp³-hybridized carbons (Fsp3) is 0.250. The number of nitrogens with one attached hydrogen (secondary N) is 2. The maximum absolute atomic E-state index is 12.8. The highest BCUT2D eigenvalue weighted by atomic mass is 35.5. The molecule has 1 aromatic heterocycles. The lowest BCUT2D eigenvalue weighted by molar-refractivity contribution is -0.122. The predicted molar refractivity (Wildman–Crippen MR) is 111 cm³/mol. The van der Waals surface area contributed by atoms with Gasteiger partial charge >= 0.3 is 0 Å². The number of nitrogens with zero attached hydrogens (tertiary/aromatic N) is 4. The number of halogens is 1. The smallest absolute Gasteiger partial charge is 0.265 e. The van der Waals surface area contributed by atoms with E-state index in [1.807, 2.05) is 6.92 Å². The van der Waals surface area contributed by atoms with Gasteiger partial charge in [0.2, 0.25) is 5.82 Å². The van der Waals surface area contributed by atoms with E-state index < -0.39 is 12.1 Å². The first-order valence-electron chi connectivity index (χ1n) is 9.42. The molecule has 2 aromatic carbocycles. The van der Waals surface area contributed by atoms with Crippen LogP contribution in [0.1, 0.15) is 26.3 Å². The zero-order valence-corrected chi connectivity index (χ0v) is 17.1. The molecule has 0 saturated carbocycles. The van der Waals surface area contributed by atoms with Crippen molar-refractivity contribution in [3.05, 3.63) is 47.5 Å². The third kappa shape index (κ3) is 3.97. The topological polar surface area (TPSA) is 111 Å². The van der Waals surface area contributed by atoms with Crippen LogP contribution in [0.25, 0.3) is 11.4 Å². The molecule has 4 rings (SSSR count). The Morgan fingerprint density at radius 1 is 1.30 bits per heavy atom. The summed E-state index contributed by atoms with van der Waals surface area (Å²) in [5.74, 6) is 0.422. The molecule has 10 heteroatoms. The fourth-order valence-electron chi connectivity index (χ4n) is 3.04. The van der Waals surface area contributed by atoms with E-state index in [4.69, 9.17) is 16.3 Å². The van der Waals surface area contributed by atoms with E-state index in [0.717, 1.165) is 5.56 Å². The van der Waals surface area contributed by atoms with Crippen LogP contribution in [0.4, 0.5) is 11.4 Å². The number of carbonyl (C=O) groups is 2. The minimum Gasteiger partial charge on any atom is -0.479 e. The summed E-state index contributed by atoms with van der Waals surface area (Å²) in [4.78, 5) is 25.9. The lowest BCUT2D eigenvalue weighted by atomic mass is 10.2. The van der Waals surface area contributed by atoms with Crippen LogP contribution in [0.2, 0.25) is 5.02 Å². The summed E-state index contributed by atoms with van der Waals surface area (Å²) >= 11 is 5.91. The molecule has 2 atom stereocenters. The zero-order valence-electron chi connectivity index (χ0n) is 16.3. The first kappa shape index (κ1) is 19.8. The second-order valence-corrected chi connectivity index (χ2v) is 7.25. The average Bonchev–Trinajstić information content (AvgIpc) is 3.20. The van der Waals surface area contributed by atoms with Gasteiger partial charge in [-0.15, -0.1) is 10.2 Å². The van der Waals surface area contributed by atoms with Gasteiger partial charge in [-0.25, -0.2) is 0 Å². The first-order valence-corrected chi connectivity index (χ1v) is 9.80. The minimum absolute atomic E-state index is 0.237. The summed E-state index contributed by atoms with van der Waals surface area (Å²) in [6, 6.07) is 11.5. The highest BCUT2D eigenvalue weighted by Gasteiger charge is 2.25. The Morgan fingerprint density at radius 2 is 2.07 bits per heavy atom. The Bertz CT molecular complexity index is 1100. The molecule has 0 saturated heterocycles. The summed E-state index contributed by atoms with van der Waals surface area (Å²) in [6.45, 7) is 3.53. The first-order chi connectivity index (χ1) is 14.4. The molecular formula is C20H19ClN6O3. The van der Waals surface area contributed by atoms with Crippen molar-refractivity contribution in [3.8, 4) is 17.1 Å². The standard InChI is InChI=1S/C20H19ClN6O3/c1-3-16(27-25-18(24-26-27)12-4-6-13(21)7-5-12)20(29)22-14-8-9-17-15(10-14)23-19(28)11(2)30-17/h4-11,16H,3H2,1-2H3,(H,22,29)(H,23,28)/t11-,16+/m1/s1. The van der Waals surface area contributed by atoms with Crippen molar-refractivity contribution in [1.82, 2.24) is 20.2 Å². The van der Waals surface area contributed by atoms with Gasteiger partial charge in [0.05, 0.1) is 5.69 Å². The van der Waals surface area contributed by atoms with E-state index >= 15 is 0 Å². The van der Waals surface area contributed by atoms with Crippen LogP contribution >= 0.6 is 11.6 Å². The minimum atomic E-state index is -0.652. The number of aromatic nitrogens is 4. The Hall–Kier alpha value is -3.46. The fourth-order valence-corrected chi connectivity index (χ4v) is 3.16. The van der Waals surface area contributed by atoms with Crippen LogP contribution in [-0.4, -0.2) is 38.1 Å². The summed E-state index contributed by atoms with van der Waals surface area (Å²) in [7, 11) is 0. The molecule has 30 heavy (non-hydrogen) atoms. The Morgan fingerprint density at radius 3 is 2.80 bits per heavy atom. The summed E-state index contributed by atoms with van der Waals surface area (Å²) < 4.78 is 5.53. The van der Waals surface area contributed by atoms with E-state index in [9.17, 15) is 9.59 Å². The molecule has 0 bridgehead atoms. The lowest BCUT2D eigenvalue weighted by Crippen LogP contribution is -2.34. The van der Waals surface area contributed by atoms with Gasteiger partial charge in [-0.3, -0.25) is 9.59 Å². The van der Waals surface area contributed by atoms with E-state index in [2.05, 4.69) is 26.0 Å². The van der Waals surface area contributed by atoms with Crippen LogP contribution < -0.4 is 15.4 Å². The van der Waals surface area contributed by atoms with Crippen molar-refractivity contribution < 1.29 is 14.3 Å². The molecule has 0 unspecified atom stereocenters. The van der Waals surface area contributed by atoms with E-state index in [1.165, 1.54) is 4.80 Å². The van der Waals surface area contributed by atoms with Crippen LogP contribution in [-0.2, 0) is 9.59 Å². The van der Waals surface area contributed by atoms with Gasteiger partial charge in [0.1, 0.15) is 5.75 Å². The van der Waals surface area contributed by atoms with Crippen LogP contribution in [0.3, 0.4) is 0 Å². The second-order valence-electron chi connectivity index (χ2n) is 6.81. The van der Waals surface area contributed by atoms with Gasteiger partial charge in [-0.1, -0.05) is 18.5 Å². The van der Waals surface area contributed by atoms with Crippen molar-refractivity contribution in [2.24, 2.45) is 0 Å². The summed E-state index contributed by atoms with van der Waals surface area (Å²) in [6.07, 6.45) is -0.0967. The largest absolute Gasteiger partial charge is 0.479 e. The van der Waals surface area contributed by atoms with Gasteiger partial charge in [-0.2, -0.15) is 4.80 Å². The van der Waals surface area contributed by atoms with Crippen molar-refractivity contribution in [1.29, 1.82) is 0 Å². The third-order valence-electron chi connectivity index (χ3n) is 4.68. The van der Waals surface area contributed by atoms with Crippen molar-refractivity contribution in [2.75, 3.05) is 10.6 Å². The Kier molecular flexibility index (Phi) is 5.37. The van der Waals surface area contributed by atoms with E-state index in [1.54, 1.807) is 49.4 Å². The number of hydrogen-bond donors (Lipinski definition) is 2. The monoisotopic (exact) mass is 426 g/mol. The van der Waals surface area contributed by atoms with Gasteiger partial charge in [0.15, 0.2) is 12.1 Å². The molecule has 0 radical (unpaired) electrons. The molecule has 2 N–H and O–H groups in total. The van der Waals surface area contributed by atoms with E-state index in [-0.39, 0.29) is 11.8 Å². The number of carbonyl (C=O) groups excluding carboxylic acids is 2. The molecule has 2 heterocycles. The molecule has 154 valence electrons. The molecule has 0 spiro atoms. The number of tetrazole rings is 1. The van der Waals surface area contributed by atoms with E-state index in [0.29, 0.717) is 34.4 Å². The van der Waals surface area contributed by atoms with Gasteiger partial charge < -0.3 is 15.4 Å². The summed E-state index contributed by atoms with van der Waals surface area (Å²) in [5, 5.41) is 18.6. The average molecular weight is 427 g/mol. The SMILES string of the molecule is CC[C@@H](C(=O)Nc1ccc2c(c1)NC(=O)[C@@H](C)O2)n1nnc(-c2ccc(Cl)cc2)n1. The molecular weight excluding hydrogens is 408 g/mol. The van der Waals surface area contributed by atoms with Gasteiger partial charge in [0.25, 0.3) is 11.8 Å². The van der Waals surface area contributed by atoms with Gasteiger partial charge in [0, 0.05) is 16.3 Å². The number of rotatable bonds is 5. The maximum atomic E-state index is 12.8. The van der Waals surface area contributed by atoms with Crippen molar-refractivity contribution >= 4 is 34.8 Å². The van der Waals surface area contributed by atoms with Crippen LogP contribution in [0.15, 0.2) is 42.5 Å². The number of benzene rings is 2. The molecule has 0 fully saturated rings. The van der Waals surface area contributed by atoms with Crippen LogP contribution in [0.5, 0.6) is 5.75 Å². The van der Waals surface area contributed by atoms with Gasteiger partial charge in [-0.05, 0) is 61.0 Å². The normalized spacial score (nSPS) is 16.2. The molecule has 2 amide bonds. The summed E-state index contributed by atoms with van der Waals surface area (Å²) in [5.41, 5.74) is 1.78. The molecule has 0 aliphatic carbocycles. The highest BCUT2D eigenvalue weighted by molar-refractivity contribution is 6.30. The lowest BCUT2D eigenvalue weighted by Gasteiger charge is -2.24. The molecule has 9 nitrogen and oxygen atoms in total.